The lowest BCUT2D eigenvalue weighted by atomic mass is 9.43. The minimum atomic E-state index is -0.317. The summed E-state index contributed by atoms with van der Waals surface area (Å²) in [6.07, 6.45) is 13.0. The molecule has 0 bridgehead atoms. The molecule has 4 fully saturated rings. The van der Waals surface area contributed by atoms with Gasteiger partial charge < -0.3 is 20.5 Å². The minimum absolute atomic E-state index is 0.0493. The molecule has 4 aliphatic carbocycles. The molecule has 210 valence electrons. The van der Waals surface area contributed by atoms with Crippen LogP contribution in [-0.2, 0) is 14.3 Å². The van der Waals surface area contributed by atoms with Crippen LogP contribution in [0.4, 0.5) is 4.79 Å². The maximum absolute atomic E-state index is 12.2. The quantitative estimate of drug-likeness (QED) is 0.280. The number of rotatable bonds is 9. The second-order valence-corrected chi connectivity index (χ2v) is 13.3. The topological polar surface area (TPSA) is 90.6 Å². The molecule has 0 unspecified atom stereocenters. The zero-order chi connectivity index (χ0) is 26.8. The number of carbonyl (C=O) groups excluding carboxylic acids is 2. The van der Waals surface area contributed by atoms with Crippen molar-refractivity contribution < 1.29 is 19.1 Å². The Morgan fingerprint density at radius 1 is 1.11 bits per heavy atom. The summed E-state index contributed by atoms with van der Waals surface area (Å²) in [5.74, 6) is 3.76. The standard InChI is InChI=1S/C31H52N2O4/c1-6-16-36-28(34)13-8-20(3)24-11-12-25-23-10-9-21-18-22(33-29(35)37-17-7-2)14-15-30(21,4)26(23)19-27(32)31(24,25)5/h7,20-27H,2,6,8-19,32H2,1,3-5H3,(H,33,35)/t20-,21-,22-,23+,24-,25+,26+,27+,30+,31-/m1/s1. The van der Waals surface area contributed by atoms with Crippen LogP contribution in [0.3, 0.4) is 0 Å². The summed E-state index contributed by atoms with van der Waals surface area (Å²) in [5, 5.41) is 3.11. The third-order valence-electron chi connectivity index (χ3n) is 11.6. The third kappa shape index (κ3) is 5.46. The maximum Gasteiger partial charge on any atom is 0.407 e. The fourth-order valence-electron chi connectivity index (χ4n) is 9.58. The van der Waals surface area contributed by atoms with Crippen molar-refractivity contribution in [1.29, 1.82) is 0 Å². The van der Waals surface area contributed by atoms with E-state index in [0.29, 0.717) is 48.0 Å². The first-order valence-electron chi connectivity index (χ1n) is 15.1. The van der Waals surface area contributed by atoms with Crippen molar-refractivity contribution in [2.75, 3.05) is 13.2 Å². The Labute approximate surface area is 224 Å². The third-order valence-corrected chi connectivity index (χ3v) is 11.6. The van der Waals surface area contributed by atoms with Gasteiger partial charge in [0.15, 0.2) is 0 Å². The number of hydrogen-bond donors (Lipinski definition) is 2. The van der Waals surface area contributed by atoms with Gasteiger partial charge in [0.05, 0.1) is 6.61 Å². The maximum atomic E-state index is 12.2. The first kappa shape index (κ1) is 28.4. The van der Waals surface area contributed by atoms with E-state index >= 15 is 0 Å². The minimum Gasteiger partial charge on any atom is -0.466 e. The molecule has 0 spiro atoms. The van der Waals surface area contributed by atoms with Crippen LogP contribution < -0.4 is 11.1 Å². The van der Waals surface area contributed by atoms with E-state index in [1.807, 2.05) is 6.92 Å². The SMILES string of the molecule is C=CCOC(=O)N[C@@H]1CC[C@@]2(C)[C@H](CC[C@@H]3[C@@H]2C[C@H](N)[C@]2(C)[C@@H]([C@H](C)CCC(=O)OCCC)CC[C@@H]32)C1. The van der Waals surface area contributed by atoms with E-state index in [4.69, 9.17) is 15.2 Å². The van der Waals surface area contributed by atoms with E-state index in [-0.39, 0.29) is 36.2 Å². The van der Waals surface area contributed by atoms with Crippen LogP contribution in [0.25, 0.3) is 0 Å². The Bertz CT molecular complexity index is 832. The van der Waals surface area contributed by atoms with Crippen LogP contribution in [0.15, 0.2) is 12.7 Å². The van der Waals surface area contributed by atoms with Gasteiger partial charge in [-0.3, -0.25) is 4.79 Å². The zero-order valence-corrected chi connectivity index (χ0v) is 23.8. The summed E-state index contributed by atoms with van der Waals surface area (Å²) >= 11 is 0. The predicted molar refractivity (Wildman–Crippen MR) is 147 cm³/mol. The largest absolute Gasteiger partial charge is 0.466 e. The number of alkyl carbamates (subject to hydrolysis) is 1. The number of ether oxygens (including phenoxy) is 2. The average molecular weight is 517 g/mol. The van der Waals surface area contributed by atoms with E-state index < -0.39 is 0 Å². The molecule has 0 radical (unpaired) electrons. The molecule has 0 aromatic carbocycles. The molecule has 1 amide bonds. The molecule has 4 saturated carbocycles. The average Bonchev–Trinajstić information content (AvgIpc) is 3.24. The van der Waals surface area contributed by atoms with Crippen LogP contribution in [0.5, 0.6) is 0 Å². The highest BCUT2D eigenvalue weighted by Crippen LogP contribution is 2.68. The number of hydrogen-bond acceptors (Lipinski definition) is 5. The lowest BCUT2D eigenvalue weighted by molar-refractivity contribution is -0.144. The van der Waals surface area contributed by atoms with Gasteiger partial charge in [-0.2, -0.15) is 0 Å². The summed E-state index contributed by atoms with van der Waals surface area (Å²) in [6.45, 7) is 13.8. The Balaban J connectivity index is 1.40. The second kappa shape index (κ2) is 11.7. The number of fused-ring (bicyclic) bond motifs is 5. The summed E-state index contributed by atoms with van der Waals surface area (Å²) in [6, 6.07) is 0.413. The van der Waals surface area contributed by atoms with Gasteiger partial charge in [0, 0.05) is 18.5 Å². The highest BCUT2D eigenvalue weighted by Gasteiger charge is 2.63. The Hall–Kier alpha value is -1.56. The van der Waals surface area contributed by atoms with Crippen LogP contribution in [0.1, 0.15) is 98.3 Å². The molecule has 0 aromatic heterocycles. The van der Waals surface area contributed by atoms with E-state index in [1.54, 1.807) is 6.08 Å². The highest BCUT2D eigenvalue weighted by molar-refractivity contribution is 5.69. The smallest absolute Gasteiger partial charge is 0.407 e. The fourth-order valence-corrected chi connectivity index (χ4v) is 9.58. The van der Waals surface area contributed by atoms with Gasteiger partial charge in [0.25, 0.3) is 0 Å². The van der Waals surface area contributed by atoms with Crippen molar-refractivity contribution >= 4 is 12.1 Å². The number of nitrogens with one attached hydrogen (secondary N) is 1. The van der Waals surface area contributed by atoms with Gasteiger partial charge in [0.2, 0.25) is 0 Å². The number of amides is 1. The first-order chi connectivity index (χ1) is 17.6. The van der Waals surface area contributed by atoms with Crippen LogP contribution >= 0.6 is 0 Å². The number of carbonyl (C=O) groups is 2. The molecule has 0 saturated heterocycles. The Morgan fingerprint density at radius 3 is 2.62 bits per heavy atom. The van der Waals surface area contributed by atoms with Gasteiger partial charge in [-0.1, -0.05) is 40.3 Å². The summed E-state index contributed by atoms with van der Waals surface area (Å²) < 4.78 is 10.5. The summed E-state index contributed by atoms with van der Waals surface area (Å²) in [7, 11) is 0. The van der Waals surface area contributed by atoms with Crippen LogP contribution in [0, 0.1) is 46.3 Å². The molecule has 37 heavy (non-hydrogen) atoms. The molecular formula is C31H52N2O4. The molecular weight excluding hydrogens is 464 g/mol. The molecule has 4 aliphatic rings. The molecule has 0 aliphatic heterocycles. The molecule has 10 atom stereocenters. The van der Waals surface area contributed by atoms with E-state index in [2.05, 4.69) is 32.7 Å². The lowest BCUT2D eigenvalue weighted by Gasteiger charge is -2.63. The molecule has 6 nitrogen and oxygen atoms in total. The first-order valence-corrected chi connectivity index (χ1v) is 15.1. The molecule has 0 aromatic rings. The van der Waals surface area contributed by atoms with Crippen LogP contribution in [0.2, 0.25) is 0 Å². The number of nitrogens with two attached hydrogens (primary N) is 1. The number of esters is 1. The van der Waals surface area contributed by atoms with Crippen molar-refractivity contribution in [3.05, 3.63) is 12.7 Å². The van der Waals surface area contributed by atoms with Crippen molar-refractivity contribution in [1.82, 2.24) is 5.32 Å². The van der Waals surface area contributed by atoms with Gasteiger partial charge >= 0.3 is 12.1 Å². The van der Waals surface area contributed by atoms with E-state index in [1.165, 1.54) is 25.7 Å². The van der Waals surface area contributed by atoms with Gasteiger partial charge in [-0.15, -0.1) is 0 Å². The fraction of sp³-hybridized carbons (Fsp3) is 0.871. The summed E-state index contributed by atoms with van der Waals surface area (Å²) in [5.41, 5.74) is 7.62. The van der Waals surface area contributed by atoms with Crippen LogP contribution in [-0.4, -0.2) is 37.4 Å². The predicted octanol–water partition coefficient (Wildman–Crippen LogP) is 6.23. The second-order valence-electron chi connectivity index (χ2n) is 13.3. The normalized spacial score (nSPS) is 41.5. The summed E-state index contributed by atoms with van der Waals surface area (Å²) in [4.78, 5) is 24.3. The highest BCUT2D eigenvalue weighted by atomic mass is 16.5. The van der Waals surface area contributed by atoms with E-state index in [0.717, 1.165) is 44.4 Å². The Morgan fingerprint density at radius 2 is 1.89 bits per heavy atom. The van der Waals surface area contributed by atoms with Crippen molar-refractivity contribution in [3.63, 3.8) is 0 Å². The van der Waals surface area contributed by atoms with Crippen molar-refractivity contribution in [3.8, 4) is 0 Å². The molecule has 6 heteroatoms. The molecule has 3 N–H and O–H groups in total. The zero-order valence-electron chi connectivity index (χ0n) is 23.8. The lowest BCUT2D eigenvalue weighted by Crippen LogP contribution is -2.61. The van der Waals surface area contributed by atoms with Crippen molar-refractivity contribution in [2.24, 2.45) is 52.1 Å². The Kier molecular flexibility index (Phi) is 8.97. The molecule has 0 heterocycles. The molecule has 4 rings (SSSR count). The van der Waals surface area contributed by atoms with Crippen molar-refractivity contribution in [2.45, 2.75) is 110 Å². The van der Waals surface area contributed by atoms with E-state index in [9.17, 15) is 9.59 Å². The van der Waals surface area contributed by atoms with Gasteiger partial charge in [0.1, 0.15) is 6.61 Å². The monoisotopic (exact) mass is 516 g/mol. The van der Waals surface area contributed by atoms with Gasteiger partial charge in [-0.25, -0.2) is 4.79 Å². The van der Waals surface area contributed by atoms with Gasteiger partial charge in [-0.05, 0) is 111 Å².